The molecule has 0 radical (unpaired) electrons. The molecule has 0 aliphatic carbocycles. The van der Waals surface area contributed by atoms with E-state index in [4.69, 9.17) is 0 Å². The number of aryl methyl sites for hydroxylation is 2. The lowest BCUT2D eigenvalue weighted by Gasteiger charge is -2.39. The zero-order chi connectivity index (χ0) is 18.6. The molecule has 0 bridgehead atoms. The van der Waals surface area contributed by atoms with Crippen LogP contribution in [0.5, 0.6) is 0 Å². The fourth-order valence-corrected chi connectivity index (χ4v) is 3.38. The molecular weight excluding hydrogens is 330 g/mol. The van der Waals surface area contributed by atoms with Gasteiger partial charge in [-0.05, 0) is 43.9 Å². The molecule has 2 N–H and O–H groups in total. The molecule has 1 unspecified atom stereocenters. The minimum atomic E-state index is -0.921. The Balaban J connectivity index is 1.49. The fraction of sp³-hybridized carbons (Fsp3) is 0.526. The fourth-order valence-electron chi connectivity index (χ4n) is 3.38. The number of hydrogen-bond donors (Lipinski definition) is 2. The molecule has 7 heteroatoms. The number of aliphatic hydroxyl groups is 1. The van der Waals surface area contributed by atoms with Gasteiger partial charge in [0.15, 0.2) is 0 Å². The van der Waals surface area contributed by atoms with Crippen LogP contribution < -0.4 is 10.2 Å². The van der Waals surface area contributed by atoms with Gasteiger partial charge in [0.1, 0.15) is 5.82 Å². The third-order valence-corrected chi connectivity index (χ3v) is 5.10. The molecule has 1 saturated heterocycles. The van der Waals surface area contributed by atoms with Gasteiger partial charge in [-0.2, -0.15) is 5.10 Å². The van der Waals surface area contributed by atoms with Crippen molar-refractivity contribution in [1.82, 2.24) is 20.1 Å². The van der Waals surface area contributed by atoms with E-state index in [1.54, 1.807) is 6.20 Å². The molecule has 1 aliphatic heterocycles. The summed E-state index contributed by atoms with van der Waals surface area (Å²) in [6, 6.07) is 5.77. The summed E-state index contributed by atoms with van der Waals surface area (Å²) in [7, 11) is 1.89. The van der Waals surface area contributed by atoms with Gasteiger partial charge in [0.2, 0.25) is 5.91 Å². The number of carbonyl (C=O) groups excluding carboxylic acids is 1. The Morgan fingerprint density at radius 1 is 1.42 bits per heavy atom. The summed E-state index contributed by atoms with van der Waals surface area (Å²) < 4.78 is 1.81. The van der Waals surface area contributed by atoms with E-state index in [1.807, 2.05) is 43.0 Å². The quantitative estimate of drug-likeness (QED) is 0.812. The standard InChI is InChI=1S/C19H27N5O2/c1-15-16(12-22-23(15)2)7-8-18(25)21-13-19(26)9-5-11-24(14-19)17-6-3-4-10-20-17/h3-4,6,10,12,26H,5,7-9,11,13-14H2,1-2H3,(H,21,25). The Morgan fingerprint density at radius 3 is 2.96 bits per heavy atom. The van der Waals surface area contributed by atoms with Crippen LogP contribution in [-0.2, 0) is 18.3 Å². The van der Waals surface area contributed by atoms with Gasteiger partial charge in [-0.15, -0.1) is 0 Å². The van der Waals surface area contributed by atoms with E-state index in [0.29, 0.717) is 25.8 Å². The van der Waals surface area contributed by atoms with E-state index >= 15 is 0 Å². The highest BCUT2D eigenvalue weighted by molar-refractivity contribution is 5.76. The van der Waals surface area contributed by atoms with Gasteiger partial charge in [-0.25, -0.2) is 4.98 Å². The smallest absolute Gasteiger partial charge is 0.220 e. The van der Waals surface area contributed by atoms with Crippen LogP contribution >= 0.6 is 0 Å². The monoisotopic (exact) mass is 357 g/mol. The highest BCUT2D eigenvalue weighted by Crippen LogP contribution is 2.24. The van der Waals surface area contributed by atoms with Gasteiger partial charge in [-0.1, -0.05) is 6.07 Å². The summed E-state index contributed by atoms with van der Waals surface area (Å²) in [5, 5.41) is 18.0. The number of pyridine rings is 1. The third kappa shape index (κ3) is 4.40. The topological polar surface area (TPSA) is 83.3 Å². The van der Waals surface area contributed by atoms with Crippen molar-refractivity contribution >= 4 is 11.7 Å². The summed E-state index contributed by atoms with van der Waals surface area (Å²) >= 11 is 0. The minimum Gasteiger partial charge on any atom is -0.386 e. The van der Waals surface area contributed by atoms with Gasteiger partial charge in [-0.3, -0.25) is 9.48 Å². The van der Waals surface area contributed by atoms with Crippen LogP contribution in [0.1, 0.15) is 30.5 Å². The number of rotatable bonds is 6. The molecule has 0 saturated carbocycles. The maximum Gasteiger partial charge on any atom is 0.220 e. The SMILES string of the molecule is Cc1c(CCC(=O)NCC2(O)CCCN(c3ccccn3)C2)cnn1C. The molecule has 140 valence electrons. The van der Waals surface area contributed by atoms with Crippen LogP contribution in [0.15, 0.2) is 30.6 Å². The lowest BCUT2D eigenvalue weighted by atomic mass is 9.92. The van der Waals surface area contributed by atoms with E-state index in [1.165, 1.54) is 0 Å². The Hall–Kier alpha value is -2.41. The van der Waals surface area contributed by atoms with E-state index in [-0.39, 0.29) is 12.5 Å². The van der Waals surface area contributed by atoms with Crippen molar-refractivity contribution in [1.29, 1.82) is 0 Å². The number of hydrogen-bond acceptors (Lipinski definition) is 5. The molecule has 3 rings (SSSR count). The average molecular weight is 357 g/mol. The lowest BCUT2D eigenvalue weighted by Crippen LogP contribution is -2.54. The number of aromatic nitrogens is 3. The van der Waals surface area contributed by atoms with Gasteiger partial charge in [0, 0.05) is 45.0 Å². The number of amides is 1. The number of anilines is 1. The zero-order valence-electron chi connectivity index (χ0n) is 15.5. The molecular formula is C19H27N5O2. The van der Waals surface area contributed by atoms with Crippen molar-refractivity contribution in [2.45, 2.75) is 38.2 Å². The maximum absolute atomic E-state index is 12.2. The van der Waals surface area contributed by atoms with E-state index in [0.717, 1.165) is 30.0 Å². The van der Waals surface area contributed by atoms with E-state index in [2.05, 4.69) is 20.3 Å². The predicted octanol–water partition coefficient (Wildman–Crippen LogP) is 1.20. The van der Waals surface area contributed by atoms with Gasteiger partial charge in [0.25, 0.3) is 0 Å². The Labute approximate surface area is 154 Å². The summed E-state index contributed by atoms with van der Waals surface area (Å²) in [6.45, 7) is 3.61. The third-order valence-electron chi connectivity index (χ3n) is 5.10. The molecule has 1 fully saturated rings. The summed E-state index contributed by atoms with van der Waals surface area (Å²) in [5.74, 6) is 0.820. The first kappa shape index (κ1) is 18.4. The highest BCUT2D eigenvalue weighted by Gasteiger charge is 2.34. The Kier molecular flexibility index (Phi) is 5.56. The molecule has 7 nitrogen and oxygen atoms in total. The average Bonchev–Trinajstić information content (AvgIpc) is 2.97. The van der Waals surface area contributed by atoms with Crippen LogP contribution in [-0.4, -0.2) is 51.0 Å². The Bertz CT molecular complexity index is 746. The van der Waals surface area contributed by atoms with Crippen molar-refractivity contribution in [2.75, 3.05) is 24.5 Å². The molecule has 0 aromatic carbocycles. The van der Waals surface area contributed by atoms with E-state index in [9.17, 15) is 9.90 Å². The normalized spacial score (nSPS) is 20.2. The first-order chi connectivity index (χ1) is 12.5. The van der Waals surface area contributed by atoms with E-state index < -0.39 is 5.60 Å². The van der Waals surface area contributed by atoms with Crippen molar-refractivity contribution in [3.8, 4) is 0 Å². The second-order valence-corrected chi connectivity index (χ2v) is 7.09. The van der Waals surface area contributed by atoms with Crippen molar-refractivity contribution < 1.29 is 9.90 Å². The van der Waals surface area contributed by atoms with Crippen LogP contribution in [0.25, 0.3) is 0 Å². The second kappa shape index (κ2) is 7.86. The molecule has 26 heavy (non-hydrogen) atoms. The first-order valence-electron chi connectivity index (χ1n) is 9.09. The molecule has 1 aliphatic rings. The predicted molar refractivity (Wildman–Crippen MR) is 99.9 cm³/mol. The van der Waals surface area contributed by atoms with Gasteiger partial charge < -0.3 is 15.3 Å². The van der Waals surface area contributed by atoms with Crippen LogP contribution in [0.3, 0.4) is 0 Å². The van der Waals surface area contributed by atoms with Crippen LogP contribution in [0.4, 0.5) is 5.82 Å². The van der Waals surface area contributed by atoms with Gasteiger partial charge in [0.05, 0.1) is 11.8 Å². The zero-order valence-corrected chi connectivity index (χ0v) is 15.5. The van der Waals surface area contributed by atoms with Gasteiger partial charge >= 0.3 is 0 Å². The number of β-amino-alcohol motifs (C(OH)–C–C–N with tert-alkyl or cyclic N) is 1. The van der Waals surface area contributed by atoms with Crippen molar-refractivity contribution in [3.05, 3.63) is 41.9 Å². The molecule has 3 heterocycles. The number of piperidine rings is 1. The number of nitrogens with zero attached hydrogens (tertiary/aromatic N) is 4. The summed E-state index contributed by atoms with van der Waals surface area (Å²) in [5.41, 5.74) is 1.24. The first-order valence-corrected chi connectivity index (χ1v) is 9.09. The highest BCUT2D eigenvalue weighted by atomic mass is 16.3. The minimum absolute atomic E-state index is 0.0448. The second-order valence-electron chi connectivity index (χ2n) is 7.09. The molecule has 1 amide bonds. The molecule has 2 aromatic heterocycles. The number of carbonyl (C=O) groups is 1. The molecule has 2 aromatic rings. The van der Waals surface area contributed by atoms with Crippen LogP contribution in [0, 0.1) is 6.92 Å². The largest absolute Gasteiger partial charge is 0.386 e. The summed E-state index contributed by atoms with van der Waals surface area (Å²) in [6.07, 6.45) is 6.17. The lowest BCUT2D eigenvalue weighted by molar-refractivity contribution is -0.122. The Morgan fingerprint density at radius 2 is 2.27 bits per heavy atom. The van der Waals surface area contributed by atoms with Crippen LogP contribution in [0.2, 0.25) is 0 Å². The molecule has 0 spiro atoms. The molecule has 1 atom stereocenters. The van der Waals surface area contributed by atoms with Crippen molar-refractivity contribution in [3.63, 3.8) is 0 Å². The maximum atomic E-state index is 12.2. The van der Waals surface area contributed by atoms with Crippen molar-refractivity contribution in [2.24, 2.45) is 7.05 Å². The number of nitrogens with one attached hydrogen (secondary N) is 1. The summed E-state index contributed by atoms with van der Waals surface area (Å²) in [4.78, 5) is 18.6.